The molecule has 0 spiro atoms. The number of likely N-dealkylation sites (tertiary alicyclic amines) is 1. The van der Waals surface area contributed by atoms with E-state index in [2.05, 4.69) is 22.0 Å². The fraction of sp³-hybridized carbons (Fsp3) is 0.789. The molecule has 0 aromatic rings. The molecule has 2 heterocycles. The first-order valence-corrected chi connectivity index (χ1v) is 9.52. The highest BCUT2D eigenvalue weighted by atomic mass is 16.5. The molecule has 142 valence electrons. The number of nitrogens with zero attached hydrogens (tertiary/aromatic N) is 2. The van der Waals surface area contributed by atoms with E-state index in [1.165, 1.54) is 0 Å². The first-order chi connectivity index (χ1) is 12.3. The van der Waals surface area contributed by atoms with Crippen LogP contribution < -0.4 is 0 Å². The van der Waals surface area contributed by atoms with Gasteiger partial charge >= 0.3 is 0 Å². The molecule has 2 saturated heterocycles. The van der Waals surface area contributed by atoms with E-state index < -0.39 is 0 Å². The molecule has 0 aromatic heterocycles. The average molecular weight is 352 g/mol. The van der Waals surface area contributed by atoms with Gasteiger partial charge in [-0.1, -0.05) is 0 Å². The molecule has 0 bridgehead atoms. The van der Waals surface area contributed by atoms with Crippen LogP contribution in [-0.2, 0) is 14.2 Å². The second kappa shape index (κ2) is 9.03. The lowest BCUT2D eigenvalue weighted by molar-refractivity contribution is -0.00820. The second-order valence-corrected chi connectivity index (χ2v) is 6.99. The number of aliphatic hydroxyl groups excluding tert-OH is 1. The van der Waals surface area contributed by atoms with E-state index in [1.807, 2.05) is 6.92 Å². The Morgan fingerprint density at radius 2 is 2.00 bits per heavy atom. The van der Waals surface area contributed by atoms with Crippen molar-refractivity contribution in [3.05, 3.63) is 23.7 Å². The zero-order valence-corrected chi connectivity index (χ0v) is 15.5. The van der Waals surface area contributed by atoms with Gasteiger partial charge in [-0.2, -0.15) is 0 Å². The van der Waals surface area contributed by atoms with Gasteiger partial charge in [-0.15, -0.1) is 0 Å². The Balaban J connectivity index is 1.72. The lowest BCUT2D eigenvalue weighted by Crippen LogP contribution is -2.51. The van der Waals surface area contributed by atoms with E-state index in [4.69, 9.17) is 14.2 Å². The number of fused-ring (bicyclic) bond motifs is 1. The first-order valence-electron chi connectivity index (χ1n) is 9.52. The van der Waals surface area contributed by atoms with Crippen LogP contribution in [0.2, 0.25) is 0 Å². The van der Waals surface area contributed by atoms with Crippen molar-refractivity contribution < 1.29 is 19.3 Å². The van der Waals surface area contributed by atoms with Crippen molar-refractivity contribution in [2.75, 3.05) is 59.8 Å². The monoisotopic (exact) mass is 352 g/mol. The normalized spacial score (nSPS) is 31.1. The Hall–Kier alpha value is -1.08. The lowest BCUT2D eigenvalue weighted by Gasteiger charge is -2.45. The summed E-state index contributed by atoms with van der Waals surface area (Å²) in [4.78, 5) is 4.68. The summed E-state index contributed by atoms with van der Waals surface area (Å²) >= 11 is 0. The zero-order valence-electron chi connectivity index (χ0n) is 15.5. The van der Waals surface area contributed by atoms with Crippen molar-refractivity contribution in [1.82, 2.24) is 9.80 Å². The number of rotatable bonds is 7. The fourth-order valence-corrected chi connectivity index (χ4v) is 4.30. The van der Waals surface area contributed by atoms with Gasteiger partial charge in [0, 0.05) is 31.6 Å². The summed E-state index contributed by atoms with van der Waals surface area (Å²) in [6.07, 6.45) is 6.56. The molecule has 0 aromatic carbocycles. The summed E-state index contributed by atoms with van der Waals surface area (Å²) in [7, 11) is 1.71. The van der Waals surface area contributed by atoms with Gasteiger partial charge in [-0.25, -0.2) is 0 Å². The molecule has 6 heteroatoms. The van der Waals surface area contributed by atoms with Crippen LogP contribution in [0.4, 0.5) is 0 Å². The van der Waals surface area contributed by atoms with Gasteiger partial charge in [0.05, 0.1) is 33.7 Å². The molecular weight excluding hydrogens is 320 g/mol. The summed E-state index contributed by atoms with van der Waals surface area (Å²) in [6.45, 7) is 8.40. The second-order valence-electron chi connectivity index (χ2n) is 6.99. The van der Waals surface area contributed by atoms with Crippen LogP contribution in [0.25, 0.3) is 0 Å². The Kier molecular flexibility index (Phi) is 6.76. The number of aliphatic hydroxyl groups is 1. The number of hydrogen-bond acceptors (Lipinski definition) is 6. The minimum atomic E-state index is 0.121. The van der Waals surface area contributed by atoms with Gasteiger partial charge in [-0.3, -0.25) is 9.80 Å². The van der Waals surface area contributed by atoms with Crippen LogP contribution in [0.5, 0.6) is 0 Å². The van der Waals surface area contributed by atoms with E-state index in [0.717, 1.165) is 63.8 Å². The highest BCUT2D eigenvalue weighted by Crippen LogP contribution is 2.39. The van der Waals surface area contributed by atoms with Crippen molar-refractivity contribution in [3.8, 4) is 0 Å². The summed E-state index contributed by atoms with van der Waals surface area (Å²) < 4.78 is 16.8. The highest BCUT2D eigenvalue weighted by molar-refractivity contribution is 5.29. The topological polar surface area (TPSA) is 54.4 Å². The van der Waals surface area contributed by atoms with E-state index in [1.54, 1.807) is 7.11 Å². The summed E-state index contributed by atoms with van der Waals surface area (Å²) in [5.74, 6) is 2.52. The highest BCUT2D eigenvalue weighted by Gasteiger charge is 2.39. The molecule has 6 nitrogen and oxygen atoms in total. The molecule has 3 aliphatic rings. The van der Waals surface area contributed by atoms with Gasteiger partial charge in [-0.05, 0) is 44.4 Å². The summed E-state index contributed by atoms with van der Waals surface area (Å²) in [5, 5.41) is 9.86. The van der Waals surface area contributed by atoms with E-state index >= 15 is 0 Å². The van der Waals surface area contributed by atoms with E-state index in [-0.39, 0.29) is 6.73 Å². The molecule has 0 radical (unpaired) electrons. The predicted octanol–water partition coefficient (Wildman–Crippen LogP) is 1.43. The number of allylic oxidation sites excluding steroid dienone is 1. The number of methoxy groups -OCH3 is 1. The van der Waals surface area contributed by atoms with Crippen LogP contribution in [0.15, 0.2) is 23.7 Å². The molecule has 2 aliphatic heterocycles. The minimum absolute atomic E-state index is 0.121. The van der Waals surface area contributed by atoms with Crippen LogP contribution >= 0.6 is 0 Å². The maximum absolute atomic E-state index is 9.86. The molecule has 25 heavy (non-hydrogen) atoms. The van der Waals surface area contributed by atoms with Gasteiger partial charge in [0.2, 0.25) is 0 Å². The van der Waals surface area contributed by atoms with Crippen LogP contribution in [0, 0.1) is 11.8 Å². The first kappa shape index (κ1) is 18.7. The van der Waals surface area contributed by atoms with Crippen LogP contribution in [-0.4, -0.2) is 80.8 Å². The van der Waals surface area contributed by atoms with E-state index in [0.29, 0.717) is 24.5 Å². The molecule has 3 rings (SSSR count). The Morgan fingerprint density at radius 1 is 1.20 bits per heavy atom. The van der Waals surface area contributed by atoms with Gasteiger partial charge in [0.1, 0.15) is 0 Å². The molecule has 2 fully saturated rings. The van der Waals surface area contributed by atoms with Crippen LogP contribution in [0.1, 0.15) is 19.8 Å². The smallest absolute Gasteiger partial charge is 0.157 e. The van der Waals surface area contributed by atoms with Gasteiger partial charge in [0.15, 0.2) is 11.5 Å². The molecule has 0 amide bonds. The van der Waals surface area contributed by atoms with Crippen molar-refractivity contribution in [3.63, 3.8) is 0 Å². The van der Waals surface area contributed by atoms with Gasteiger partial charge in [0.25, 0.3) is 0 Å². The molecule has 1 N–H and O–H groups in total. The third kappa shape index (κ3) is 4.37. The summed E-state index contributed by atoms with van der Waals surface area (Å²) in [6, 6.07) is 0.330. The Morgan fingerprint density at radius 3 is 2.68 bits per heavy atom. The largest absolute Gasteiger partial charge is 0.493 e. The zero-order chi connectivity index (χ0) is 17.6. The maximum Gasteiger partial charge on any atom is 0.157 e. The Bertz CT molecular complexity index is 488. The third-order valence-electron chi connectivity index (χ3n) is 5.66. The maximum atomic E-state index is 9.86. The lowest BCUT2D eigenvalue weighted by atomic mass is 9.75. The van der Waals surface area contributed by atoms with Crippen molar-refractivity contribution in [2.45, 2.75) is 25.8 Å². The number of ether oxygens (including phenoxy) is 3. The Labute approximate surface area is 151 Å². The summed E-state index contributed by atoms with van der Waals surface area (Å²) in [5.41, 5.74) is 0. The molecule has 1 aliphatic carbocycles. The molecule has 0 saturated carbocycles. The molecule has 2 unspecified atom stereocenters. The van der Waals surface area contributed by atoms with Crippen molar-refractivity contribution in [1.29, 1.82) is 0 Å². The number of hydrogen-bond donors (Lipinski definition) is 1. The fourth-order valence-electron chi connectivity index (χ4n) is 4.30. The third-order valence-corrected chi connectivity index (χ3v) is 5.66. The average Bonchev–Trinajstić information content (AvgIpc) is 2.66. The number of morpholine rings is 1. The molecular formula is C19H32N2O4. The number of piperidine rings is 1. The van der Waals surface area contributed by atoms with Crippen molar-refractivity contribution in [2.24, 2.45) is 11.8 Å². The molecule has 3 atom stereocenters. The minimum Gasteiger partial charge on any atom is -0.493 e. The predicted molar refractivity (Wildman–Crippen MR) is 95.9 cm³/mol. The SMILES string of the molecule is CCOC1=CC2C(C=C1OC)CCN(CO)[C@H]2CCN1CCOCC1. The van der Waals surface area contributed by atoms with Crippen LogP contribution in [0.3, 0.4) is 0 Å². The quantitative estimate of drug-likeness (QED) is 0.748. The van der Waals surface area contributed by atoms with E-state index in [9.17, 15) is 5.11 Å². The standard InChI is InChI=1S/C19H32N2O4/c1-3-25-19-13-16-15(12-18(19)23-2)4-7-21(14-22)17(16)5-6-20-8-10-24-11-9-20/h12-13,15-17,22H,3-11,14H2,1-2H3/t15?,16?,17-/m0/s1. The van der Waals surface area contributed by atoms with Crippen molar-refractivity contribution >= 4 is 0 Å². The van der Waals surface area contributed by atoms with Gasteiger partial charge < -0.3 is 19.3 Å².